The standard InChI is InChI=1S/C35H34N6O2/c42-32(36-20-22-38-34-24-10-1-5-14-28(24)40-29-15-6-2-11-25(29)34)18-9-19-33(43)37-21-23-39-35-26-12-3-7-16-30(26)41-31-17-8-4-13-27(31)35/h1-8,10-17H,9,18-23H2,(H,36,42)(H,37,43)(H,38,40)(H,39,41). The van der Waals surface area contributed by atoms with Crippen molar-refractivity contribution in [3.63, 3.8) is 0 Å². The van der Waals surface area contributed by atoms with Crippen molar-refractivity contribution in [2.45, 2.75) is 19.3 Å². The van der Waals surface area contributed by atoms with Crippen LogP contribution in [0.25, 0.3) is 43.6 Å². The fourth-order valence-corrected chi connectivity index (χ4v) is 5.43. The van der Waals surface area contributed by atoms with Crippen molar-refractivity contribution in [3.8, 4) is 0 Å². The highest BCUT2D eigenvalue weighted by Crippen LogP contribution is 2.31. The molecule has 0 bridgehead atoms. The van der Waals surface area contributed by atoms with Crippen LogP contribution in [0.2, 0.25) is 0 Å². The molecule has 8 nitrogen and oxygen atoms in total. The second kappa shape index (κ2) is 13.2. The summed E-state index contributed by atoms with van der Waals surface area (Å²) in [4.78, 5) is 34.3. The highest BCUT2D eigenvalue weighted by Gasteiger charge is 2.10. The third-order valence-corrected chi connectivity index (χ3v) is 7.48. The zero-order valence-electron chi connectivity index (χ0n) is 23.9. The van der Waals surface area contributed by atoms with E-state index in [1.807, 2.05) is 72.8 Å². The minimum atomic E-state index is -0.0582. The molecule has 0 spiro atoms. The molecule has 4 aromatic carbocycles. The molecule has 2 aromatic heterocycles. The number of fused-ring (bicyclic) bond motifs is 4. The summed E-state index contributed by atoms with van der Waals surface area (Å²) in [6.07, 6.45) is 1.11. The first-order valence-electron chi connectivity index (χ1n) is 14.7. The van der Waals surface area contributed by atoms with Gasteiger partial charge in [-0.3, -0.25) is 9.59 Å². The number of carbonyl (C=O) groups is 2. The fourth-order valence-electron chi connectivity index (χ4n) is 5.43. The van der Waals surface area contributed by atoms with Gasteiger partial charge in [-0.1, -0.05) is 72.8 Å². The van der Waals surface area contributed by atoms with Crippen molar-refractivity contribution in [3.05, 3.63) is 97.1 Å². The van der Waals surface area contributed by atoms with E-state index in [0.717, 1.165) is 55.0 Å². The van der Waals surface area contributed by atoms with Crippen molar-refractivity contribution in [2.24, 2.45) is 0 Å². The average Bonchev–Trinajstić information content (AvgIpc) is 3.04. The first-order chi connectivity index (χ1) is 21.2. The molecule has 43 heavy (non-hydrogen) atoms. The van der Waals surface area contributed by atoms with Crippen LogP contribution in [0.5, 0.6) is 0 Å². The molecule has 216 valence electrons. The van der Waals surface area contributed by atoms with Crippen LogP contribution in [0.4, 0.5) is 11.4 Å². The Bertz CT molecular complexity index is 1680. The van der Waals surface area contributed by atoms with Gasteiger partial charge in [-0.15, -0.1) is 0 Å². The van der Waals surface area contributed by atoms with Crippen LogP contribution in [0, 0.1) is 0 Å². The minimum absolute atomic E-state index is 0.0582. The van der Waals surface area contributed by atoms with Crippen molar-refractivity contribution in [2.75, 3.05) is 36.8 Å². The molecule has 8 heteroatoms. The minimum Gasteiger partial charge on any atom is -0.382 e. The molecule has 0 atom stereocenters. The molecule has 0 saturated carbocycles. The predicted molar refractivity (Wildman–Crippen MR) is 175 cm³/mol. The summed E-state index contributed by atoms with van der Waals surface area (Å²) in [7, 11) is 0. The maximum absolute atomic E-state index is 12.4. The number of carbonyl (C=O) groups excluding carboxylic acids is 2. The molecule has 4 N–H and O–H groups in total. The third-order valence-electron chi connectivity index (χ3n) is 7.48. The molecule has 0 unspecified atom stereocenters. The van der Waals surface area contributed by atoms with E-state index in [-0.39, 0.29) is 11.8 Å². The number of nitrogens with zero attached hydrogens (tertiary/aromatic N) is 2. The molecular weight excluding hydrogens is 536 g/mol. The Morgan fingerprint density at radius 3 is 1.14 bits per heavy atom. The molecule has 0 fully saturated rings. The fraction of sp³-hybridized carbons (Fsp3) is 0.200. The van der Waals surface area contributed by atoms with E-state index in [1.165, 1.54) is 0 Å². The van der Waals surface area contributed by atoms with Gasteiger partial charge in [0.15, 0.2) is 0 Å². The Morgan fingerprint density at radius 1 is 0.465 bits per heavy atom. The number of anilines is 2. The quantitative estimate of drug-likeness (QED) is 0.106. The number of rotatable bonds is 12. The Kier molecular flexibility index (Phi) is 8.54. The van der Waals surface area contributed by atoms with Crippen LogP contribution in [0.3, 0.4) is 0 Å². The van der Waals surface area contributed by atoms with Gasteiger partial charge in [0.1, 0.15) is 0 Å². The number of hydrogen-bond acceptors (Lipinski definition) is 6. The number of pyridine rings is 2. The van der Waals surface area contributed by atoms with Gasteiger partial charge in [-0.2, -0.15) is 0 Å². The van der Waals surface area contributed by atoms with Crippen molar-refractivity contribution >= 4 is 66.8 Å². The second-order valence-electron chi connectivity index (χ2n) is 10.4. The molecular formula is C35H34N6O2. The summed E-state index contributed by atoms with van der Waals surface area (Å²) < 4.78 is 0. The van der Waals surface area contributed by atoms with E-state index in [0.29, 0.717) is 45.4 Å². The highest BCUT2D eigenvalue weighted by molar-refractivity contribution is 6.08. The Morgan fingerprint density at radius 2 is 0.791 bits per heavy atom. The summed E-state index contributed by atoms with van der Waals surface area (Å²) in [6, 6.07) is 32.2. The molecule has 0 saturated heterocycles. The summed E-state index contributed by atoms with van der Waals surface area (Å²) in [5.41, 5.74) is 5.77. The number of benzene rings is 4. The number of para-hydroxylation sites is 4. The van der Waals surface area contributed by atoms with Crippen molar-refractivity contribution in [1.82, 2.24) is 20.6 Å². The average molecular weight is 571 g/mol. The Hall–Kier alpha value is -5.24. The summed E-state index contributed by atoms with van der Waals surface area (Å²) >= 11 is 0. The molecule has 0 aliphatic heterocycles. The van der Waals surface area contributed by atoms with Gasteiger partial charge in [-0.05, 0) is 30.7 Å². The number of aromatic nitrogens is 2. The molecule has 0 radical (unpaired) electrons. The molecule has 0 aliphatic rings. The number of amides is 2. The monoisotopic (exact) mass is 570 g/mol. The molecule has 6 aromatic rings. The van der Waals surface area contributed by atoms with Crippen LogP contribution >= 0.6 is 0 Å². The van der Waals surface area contributed by atoms with E-state index in [2.05, 4.69) is 45.5 Å². The molecule has 2 heterocycles. The number of hydrogen-bond donors (Lipinski definition) is 4. The van der Waals surface area contributed by atoms with E-state index in [4.69, 9.17) is 9.97 Å². The van der Waals surface area contributed by atoms with E-state index >= 15 is 0 Å². The smallest absolute Gasteiger partial charge is 0.220 e. The normalized spacial score (nSPS) is 11.2. The molecule has 0 aliphatic carbocycles. The zero-order chi connectivity index (χ0) is 29.4. The summed E-state index contributed by atoms with van der Waals surface area (Å²) in [5, 5.41) is 17.1. The first kappa shape index (κ1) is 27.9. The SMILES string of the molecule is O=C(CCCC(=O)NCCNc1c2ccccc2nc2ccccc12)NCCNc1c2ccccc2nc2ccccc12. The van der Waals surface area contributed by atoms with Crippen LogP contribution in [0.1, 0.15) is 19.3 Å². The van der Waals surface area contributed by atoms with Crippen LogP contribution in [-0.2, 0) is 9.59 Å². The van der Waals surface area contributed by atoms with E-state index in [1.54, 1.807) is 0 Å². The maximum atomic E-state index is 12.4. The maximum Gasteiger partial charge on any atom is 0.220 e. The van der Waals surface area contributed by atoms with Gasteiger partial charge >= 0.3 is 0 Å². The lowest BCUT2D eigenvalue weighted by atomic mass is 10.1. The van der Waals surface area contributed by atoms with Crippen LogP contribution in [0.15, 0.2) is 97.1 Å². The van der Waals surface area contributed by atoms with Gasteiger partial charge in [-0.25, -0.2) is 9.97 Å². The predicted octanol–water partition coefficient (Wildman–Crippen LogP) is 6.02. The van der Waals surface area contributed by atoms with Crippen LogP contribution in [-0.4, -0.2) is 48.0 Å². The number of nitrogens with one attached hydrogen (secondary N) is 4. The first-order valence-corrected chi connectivity index (χ1v) is 14.7. The third kappa shape index (κ3) is 6.48. The van der Waals surface area contributed by atoms with Gasteiger partial charge in [0.05, 0.1) is 33.4 Å². The molecule has 6 rings (SSSR count). The van der Waals surface area contributed by atoms with Crippen LogP contribution < -0.4 is 21.3 Å². The Balaban J connectivity index is 0.919. The van der Waals surface area contributed by atoms with Gasteiger partial charge in [0.2, 0.25) is 11.8 Å². The second-order valence-corrected chi connectivity index (χ2v) is 10.4. The lowest BCUT2D eigenvalue weighted by molar-refractivity contribution is -0.122. The van der Waals surface area contributed by atoms with E-state index in [9.17, 15) is 9.59 Å². The summed E-state index contributed by atoms with van der Waals surface area (Å²) in [6.45, 7) is 2.14. The van der Waals surface area contributed by atoms with Gasteiger partial charge in [0.25, 0.3) is 0 Å². The van der Waals surface area contributed by atoms with Gasteiger partial charge in [0, 0.05) is 60.6 Å². The molecule has 2 amide bonds. The highest BCUT2D eigenvalue weighted by atomic mass is 16.2. The summed E-state index contributed by atoms with van der Waals surface area (Å²) in [5.74, 6) is -0.116. The van der Waals surface area contributed by atoms with Gasteiger partial charge < -0.3 is 21.3 Å². The van der Waals surface area contributed by atoms with Crippen molar-refractivity contribution < 1.29 is 9.59 Å². The Labute approximate surface area is 249 Å². The zero-order valence-corrected chi connectivity index (χ0v) is 23.9. The lowest BCUT2D eigenvalue weighted by Crippen LogP contribution is -2.30. The van der Waals surface area contributed by atoms with E-state index < -0.39 is 0 Å². The largest absolute Gasteiger partial charge is 0.382 e. The lowest BCUT2D eigenvalue weighted by Gasteiger charge is -2.14. The van der Waals surface area contributed by atoms with Crippen molar-refractivity contribution in [1.29, 1.82) is 0 Å². The topological polar surface area (TPSA) is 108 Å².